The van der Waals surface area contributed by atoms with Crippen LogP contribution in [-0.2, 0) is 7.05 Å². The standard InChI is InChI=1S/C38H34F2NO/c1-23-9-18-30-31-19-20-32(39)36(38(31)42-37(30)35(23)34-21-33(40)24(2)22-41(34)3)29-16-14-28(15-17-29)27-12-10-26(11-13-27)25-7-5-4-6-8-25/h4-9,14-22,26-27H,10-13H2,1-3H3/q+1. The Morgan fingerprint density at radius 2 is 1.24 bits per heavy atom. The molecule has 0 unspecified atom stereocenters. The van der Waals surface area contributed by atoms with E-state index in [2.05, 4.69) is 42.5 Å². The van der Waals surface area contributed by atoms with E-state index in [1.54, 1.807) is 25.3 Å². The van der Waals surface area contributed by atoms with Crippen LogP contribution in [0.15, 0.2) is 95.5 Å². The summed E-state index contributed by atoms with van der Waals surface area (Å²) in [4.78, 5) is 0. The van der Waals surface area contributed by atoms with Gasteiger partial charge in [0.05, 0.1) is 11.1 Å². The second-order valence-corrected chi connectivity index (χ2v) is 11.9. The fourth-order valence-electron chi connectivity index (χ4n) is 6.98. The molecular weight excluding hydrogens is 524 g/mol. The van der Waals surface area contributed by atoms with Gasteiger partial charge in [0.25, 0.3) is 0 Å². The highest BCUT2D eigenvalue weighted by Crippen LogP contribution is 2.43. The number of furan rings is 1. The number of halogens is 2. The van der Waals surface area contributed by atoms with Gasteiger partial charge in [0.1, 0.15) is 29.8 Å². The van der Waals surface area contributed by atoms with Crippen LogP contribution in [0.25, 0.3) is 44.3 Å². The normalized spacial score (nSPS) is 17.3. The van der Waals surface area contributed by atoms with Crippen LogP contribution in [0.4, 0.5) is 8.78 Å². The minimum atomic E-state index is -0.317. The zero-order valence-electron chi connectivity index (χ0n) is 24.3. The molecule has 1 saturated carbocycles. The minimum Gasteiger partial charge on any atom is -0.454 e. The highest BCUT2D eigenvalue weighted by Gasteiger charge is 2.26. The van der Waals surface area contributed by atoms with Gasteiger partial charge in [-0.25, -0.2) is 13.3 Å². The number of fused-ring (bicyclic) bond motifs is 3. The molecule has 4 heteroatoms. The summed E-state index contributed by atoms with van der Waals surface area (Å²) in [5, 5.41) is 1.74. The molecule has 1 aliphatic rings. The van der Waals surface area contributed by atoms with Gasteiger partial charge in [0.15, 0.2) is 6.20 Å². The first kappa shape index (κ1) is 26.6. The summed E-state index contributed by atoms with van der Waals surface area (Å²) in [6.45, 7) is 3.75. The van der Waals surface area contributed by atoms with Crippen molar-refractivity contribution in [2.45, 2.75) is 51.4 Å². The number of rotatable bonds is 4. The average molecular weight is 559 g/mol. The first-order valence-electron chi connectivity index (χ1n) is 14.8. The first-order valence-corrected chi connectivity index (χ1v) is 14.8. The molecule has 6 aromatic rings. The Bertz CT molecular complexity index is 1930. The number of aromatic nitrogens is 1. The van der Waals surface area contributed by atoms with E-state index in [1.807, 2.05) is 42.8 Å². The van der Waals surface area contributed by atoms with Gasteiger partial charge in [-0.2, -0.15) is 0 Å². The molecule has 0 N–H and O–H groups in total. The molecule has 1 fully saturated rings. The summed E-state index contributed by atoms with van der Waals surface area (Å²) >= 11 is 0. The topological polar surface area (TPSA) is 17.0 Å². The van der Waals surface area contributed by atoms with Crippen molar-refractivity contribution >= 4 is 21.9 Å². The third kappa shape index (κ3) is 4.50. The Hall–Kier alpha value is -4.31. The van der Waals surface area contributed by atoms with Crippen molar-refractivity contribution in [1.29, 1.82) is 0 Å². The molecule has 210 valence electrons. The Balaban J connectivity index is 1.26. The molecule has 0 atom stereocenters. The predicted molar refractivity (Wildman–Crippen MR) is 166 cm³/mol. The number of benzene rings is 4. The summed E-state index contributed by atoms with van der Waals surface area (Å²) in [5.41, 5.74) is 8.25. The molecule has 0 saturated heterocycles. The maximum absolute atomic E-state index is 15.5. The fourth-order valence-corrected chi connectivity index (χ4v) is 6.98. The van der Waals surface area contributed by atoms with Gasteiger partial charge < -0.3 is 4.42 Å². The summed E-state index contributed by atoms with van der Waals surface area (Å²) in [5.74, 6) is 0.569. The Kier molecular flexibility index (Phi) is 6.65. The molecule has 2 aromatic heterocycles. The Morgan fingerprint density at radius 1 is 0.643 bits per heavy atom. The quantitative estimate of drug-likeness (QED) is 0.197. The van der Waals surface area contributed by atoms with Crippen molar-refractivity contribution in [1.82, 2.24) is 0 Å². The molecule has 0 aliphatic heterocycles. The smallest absolute Gasteiger partial charge is 0.219 e. The maximum Gasteiger partial charge on any atom is 0.219 e. The highest BCUT2D eigenvalue weighted by molar-refractivity contribution is 6.13. The van der Waals surface area contributed by atoms with Crippen LogP contribution in [0.5, 0.6) is 0 Å². The molecule has 2 heterocycles. The monoisotopic (exact) mass is 558 g/mol. The lowest BCUT2D eigenvalue weighted by atomic mass is 9.76. The van der Waals surface area contributed by atoms with Gasteiger partial charge in [-0.15, -0.1) is 0 Å². The second-order valence-electron chi connectivity index (χ2n) is 11.9. The Morgan fingerprint density at radius 3 is 1.90 bits per heavy atom. The maximum atomic E-state index is 15.5. The van der Waals surface area contributed by atoms with E-state index in [0.29, 0.717) is 39.8 Å². The molecule has 0 amide bonds. The summed E-state index contributed by atoms with van der Waals surface area (Å²) in [6, 6.07) is 28.1. The van der Waals surface area contributed by atoms with E-state index >= 15 is 4.39 Å². The van der Waals surface area contributed by atoms with E-state index in [9.17, 15) is 4.39 Å². The number of aryl methyl sites for hydroxylation is 3. The number of pyridine rings is 1. The number of nitrogens with zero attached hydrogens (tertiary/aromatic N) is 1. The predicted octanol–water partition coefficient (Wildman–Crippen LogP) is 10.1. The molecule has 2 nitrogen and oxygen atoms in total. The summed E-state index contributed by atoms with van der Waals surface area (Å²) in [6.07, 6.45) is 6.48. The molecular formula is C38H34F2NO+. The Labute approximate surface area is 245 Å². The van der Waals surface area contributed by atoms with E-state index in [4.69, 9.17) is 4.42 Å². The van der Waals surface area contributed by atoms with Crippen LogP contribution in [0.3, 0.4) is 0 Å². The molecule has 0 spiro atoms. The lowest BCUT2D eigenvalue weighted by Crippen LogP contribution is -2.31. The van der Waals surface area contributed by atoms with Crippen molar-refractivity contribution in [3.05, 3.63) is 125 Å². The third-order valence-corrected chi connectivity index (χ3v) is 9.30. The lowest BCUT2D eigenvalue weighted by molar-refractivity contribution is -0.661. The van der Waals surface area contributed by atoms with E-state index < -0.39 is 0 Å². The minimum absolute atomic E-state index is 0.268. The third-order valence-electron chi connectivity index (χ3n) is 9.30. The average Bonchev–Trinajstić information content (AvgIpc) is 3.38. The first-order chi connectivity index (χ1) is 20.4. The van der Waals surface area contributed by atoms with Gasteiger partial charge in [-0.05, 0) is 85.8 Å². The summed E-state index contributed by atoms with van der Waals surface area (Å²) in [7, 11) is 1.91. The second kappa shape index (κ2) is 10.5. The van der Waals surface area contributed by atoms with Crippen LogP contribution in [0, 0.1) is 25.5 Å². The van der Waals surface area contributed by atoms with Crippen molar-refractivity contribution in [2.24, 2.45) is 7.05 Å². The van der Waals surface area contributed by atoms with Gasteiger partial charge >= 0.3 is 0 Å². The highest BCUT2D eigenvalue weighted by atomic mass is 19.1. The van der Waals surface area contributed by atoms with Crippen LogP contribution >= 0.6 is 0 Å². The van der Waals surface area contributed by atoms with Crippen molar-refractivity contribution in [3.63, 3.8) is 0 Å². The number of hydrogen-bond acceptors (Lipinski definition) is 1. The lowest BCUT2D eigenvalue weighted by Gasteiger charge is -2.29. The van der Waals surface area contributed by atoms with E-state index in [0.717, 1.165) is 40.3 Å². The zero-order valence-corrected chi connectivity index (χ0v) is 24.3. The van der Waals surface area contributed by atoms with Gasteiger partial charge in [-0.3, -0.25) is 0 Å². The van der Waals surface area contributed by atoms with Crippen molar-refractivity contribution < 1.29 is 17.8 Å². The van der Waals surface area contributed by atoms with Crippen LogP contribution in [-0.4, -0.2) is 0 Å². The van der Waals surface area contributed by atoms with Crippen LogP contribution in [0.1, 0.15) is 59.8 Å². The van der Waals surface area contributed by atoms with E-state index in [-0.39, 0.29) is 11.6 Å². The van der Waals surface area contributed by atoms with Gasteiger partial charge in [-0.1, -0.05) is 66.7 Å². The largest absolute Gasteiger partial charge is 0.454 e. The molecule has 1 aliphatic carbocycles. The molecule has 4 aromatic carbocycles. The molecule has 0 bridgehead atoms. The van der Waals surface area contributed by atoms with Crippen LogP contribution < -0.4 is 4.57 Å². The summed E-state index contributed by atoms with van der Waals surface area (Å²) < 4.78 is 38.7. The molecule has 7 rings (SSSR count). The molecule has 42 heavy (non-hydrogen) atoms. The number of hydrogen-bond donors (Lipinski definition) is 0. The van der Waals surface area contributed by atoms with Crippen molar-refractivity contribution in [2.75, 3.05) is 0 Å². The van der Waals surface area contributed by atoms with Crippen molar-refractivity contribution in [3.8, 4) is 22.4 Å². The van der Waals surface area contributed by atoms with E-state index in [1.165, 1.54) is 30.0 Å². The van der Waals surface area contributed by atoms with Gasteiger partial charge in [0, 0.05) is 22.4 Å². The fraction of sp³-hybridized carbons (Fsp3) is 0.237. The van der Waals surface area contributed by atoms with Crippen LogP contribution in [0.2, 0.25) is 0 Å². The zero-order chi connectivity index (χ0) is 29.0. The SMILES string of the molecule is Cc1c[n+](C)c(-c2c(C)ccc3c2oc2c(-c4ccc(C5CCC(c6ccccc6)CC5)cc4)c(F)ccc23)cc1F. The van der Waals surface area contributed by atoms with Gasteiger partial charge in [0.2, 0.25) is 5.69 Å². The molecule has 0 radical (unpaired) electrons.